The molecule has 0 radical (unpaired) electrons. The molecule has 0 N–H and O–H groups in total. The van der Waals surface area contributed by atoms with Crippen molar-refractivity contribution < 1.29 is 9.59 Å². The van der Waals surface area contributed by atoms with Crippen LogP contribution in [-0.4, -0.2) is 71.6 Å². The molecule has 1 atom stereocenters. The molecule has 2 aromatic carbocycles. The van der Waals surface area contributed by atoms with Gasteiger partial charge in [-0.05, 0) is 83.3 Å². The summed E-state index contributed by atoms with van der Waals surface area (Å²) < 4.78 is 0. The van der Waals surface area contributed by atoms with Gasteiger partial charge in [-0.25, -0.2) is 4.99 Å². The fourth-order valence-corrected chi connectivity index (χ4v) is 5.11. The number of nitrogens with zero attached hydrogens (tertiary/aromatic N) is 4. The van der Waals surface area contributed by atoms with Gasteiger partial charge in [0.05, 0.1) is 11.6 Å². The summed E-state index contributed by atoms with van der Waals surface area (Å²) in [6.45, 7) is 8.98. The number of piperidine rings is 1. The Kier molecular flexibility index (Phi) is 9.29. The molecule has 2 amide bonds. The van der Waals surface area contributed by atoms with Gasteiger partial charge in [0.1, 0.15) is 5.84 Å². The van der Waals surface area contributed by atoms with E-state index in [2.05, 4.69) is 18.7 Å². The molecule has 1 aliphatic heterocycles. The third-order valence-corrected chi connectivity index (χ3v) is 7.27. The molecule has 2 fully saturated rings. The average molecular weight is 489 g/mol. The van der Waals surface area contributed by atoms with Crippen molar-refractivity contribution in [2.24, 2.45) is 16.8 Å². The zero-order chi connectivity index (χ0) is 25.3. The number of carbonyl (C=O) groups excluding carboxylic acids is 2. The van der Waals surface area contributed by atoms with Gasteiger partial charge >= 0.3 is 0 Å². The first kappa shape index (κ1) is 26.1. The van der Waals surface area contributed by atoms with Crippen molar-refractivity contribution >= 4 is 23.3 Å². The van der Waals surface area contributed by atoms with Gasteiger partial charge in [0.2, 0.25) is 5.91 Å². The van der Waals surface area contributed by atoms with Crippen LogP contribution in [0.4, 0.5) is 5.69 Å². The summed E-state index contributed by atoms with van der Waals surface area (Å²) in [7, 11) is 0. The van der Waals surface area contributed by atoms with Gasteiger partial charge in [0, 0.05) is 37.7 Å². The second-order valence-electron chi connectivity index (χ2n) is 9.91. The standard InChI is InChI=1S/C30H40N4O2/c1-3-33(4-2)29(35)26-15-11-20-32(23-26)21-12-22-34(30(36)25-13-7-5-8-14-25)28(24-18-19-24)31-27-16-9-6-10-17-27/h5-10,13-14,16-17,24,26H,3-4,11-12,15,18-23H2,1-2H3. The van der Waals surface area contributed by atoms with E-state index < -0.39 is 0 Å². The normalized spacial score (nSPS) is 18.6. The summed E-state index contributed by atoms with van der Waals surface area (Å²) in [5.41, 5.74) is 1.58. The van der Waals surface area contributed by atoms with E-state index in [4.69, 9.17) is 4.99 Å². The lowest BCUT2D eigenvalue weighted by Crippen LogP contribution is -2.45. The quantitative estimate of drug-likeness (QED) is 0.339. The van der Waals surface area contributed by atoms with Crippen LogP contribution >= 0.6 is 0 Å². The van der Waals surface area contributed by atoms with E-state index in [0.29, 0.717) is 18.0 Å². The van der Waals surface area contributed by atoms with Crippen LogP contribution in [0.3, 0.4) is 0 Å². The minimum atomic E-state index is 0.0189. The van der Waals surface area contributed by atoms with E-state index in [1.54, 1.807) is 0 Å². The molecule has 1 heterocycles. The molecule has 1 saturated heterocycles. The van der Waals surface area contributed by atoms with E-state index in [0.717, 1.165) is 76.4 Å². The number of amides is 2. The predicted molar refractivity (Wildman–Crippen MR) is 145 cm³/mol. The summed E-state index contributed by atoms with van der Waals surface area (Å²) in [4.78, 5) is 37.8. The first-order valence-electron chi connectivity index (χ1n) is 13.6. The number of aliphatic imine (C=N–C) groups is 1. The molecule has 1 aliphatic carbocycles. The van der Waals surface area contributed by atoms with Crippen molar-refractivity contribution in [1.29, 1.82) is 0 Å². The van der Waals surface area contributed by atoms with Gasteiger partial charge in [-0.2, -0.15) is 0 Å². The molecule has 6 nitrogen and oxygen atoms in total. The van der Waals surface area contributed by atoms with Crippen molar-refractivity contribution in [3.8, 4) is 0 Å². The molecular formula is C30H40N4O2. The van der Waals surface area contributed by atoms with Crippen molar-refractivity contribution in [2.45, 2.75) is 46.0 Å². The van der Waals surface area contributed by atoms with Crippen LogP contribution in [0.25, 0.3) is 0 Å². The molecule has 1 unspecified atom stereocenters. The summed E-state index contributed by atoms with van der Waals surface area (Å²) >= 11 is 0. The van der Waals surface area contributed by atoms with Crippen LogP contribution in [0, 0.1) is 11.8 Å². The second kappa shape index (κ2) is 12.8. The number of carbonyl (C=O) groups is 2. The fourth-order valence-electron chi connectivity index (χ4n) is 5.11. The lowest BCUT2D eigenvalue weighted by Gasteiger charge is -2.35. The number of amidine groups is 1. The van der Waals surface area contributed by atoms with E-state index in [9.17, 15) is 9.59 Å². The van der Waals surface area contributed by atoms with E-state index >= 15 is 0 Å². The van der Waals surface area contributed by atoms with Crippen LogP contribution in [0.1, 0.15) is 56.3 Å². The molecule has 4 rings (SSSR count). The third-order valence-electron chi connectivity index (χ3n) is 7.27. The van der Waals surface area contributed by atoms with Crippen molar-refractivity contribution in [2.75, 3.05) is 39.3 Å². The highest BCUT2D eigenvalue weighted by Crippen LogP contribution is 2.34. The monoisotopic (exact) mass is 488 g/mol. The molecule has 2 aliphatic rings. The van der Waals surface area contributed by atoms with E-state index in [-0.39, 0.29) is 17.7 Å². The maximum absolute atomic E-state index is 13.7. The Morgan fingerprint density at radius 1 is 0.917 bits per heavy atom. The Hall–Kier alpha value is -2.99. The van der Waals surface area contributed by atoms with Gasteiger partial charge in [-0.3, -0.25) is 14.5 Å². The molecule has 192 valence electrons. The SMILES string of the molecule is CCN(CC)C(=O)C1CCCN(CCCN(C(=O)c2ccccc2)C(=Nc2ccccc2)C2CC2)C1. The second-order valence-corrected chi connectivity index (χ2v) is 9.91. The first-order chi connectivity index (χ1) is 17.6. The molecule has 0 bridgehead atoms. The summed E-state index contributed by atoms with van der Waals surface area (Å²) in [5.74, 6) is 1.62. The van der Waals surface area contributed by atoms with Crippen molar-refractivity contribution in [3.05, 3.63) is 66.2 Å². The summed E-state index contributed by atoms with van der Waals surface area (Å²) in [5, 5.41) is 0. The average Bonchev–Trinajstić information content (AvgIpc) is 3.77. The number of hydrogen-bond acceptors (Lipinski definition) is 4. The third kappa shape index (κ3) is 6.82. The Morgan fingerprint density at radius 2 is 1.58 bits per heavy atom. The lowest BCUT2D eigenvalue weighted by atomic mass is 9.96. The zero-order valence-corrected chi connectivity index (χ0v) is 21.8. The maximum Gasteiger partial charge on any atom is 0.259 e. The minimum absolute atomic E-state index is 0.0189. The highest BCUT2D eigenvalue weighted by Gasteiger charge is 2.35. The number of benzene rings is 2. The molecule has 36 heavy (non-hydrogen) atoms. The fraction of sp³-hybridized carbons (Fsp3) is 0.500. The number of para-hydroxylation sites is 1. The molecule has 0 aromatic heterocycles. The van der Waals surface area contributed by atoms with Gasteiger partial charge in [0.25, 0.3) is 5.91 Å². The summed E-state index contributed by atoms with van der Waals surface area (Å²) in [6, 6.07) is 19.5. The van der Waals surface area contributed by atoms with Gasteiger partial charge in [0.15, 0.2) is 0 Å². The molecule has 6 heteroatoms. The summed E-state index contributed by atoms with van der Waals surface area (Å²) in [6.07, 6.45) is 5.02. The van der Waals surface area contributed by atoms with Crippen LogP contribution < -0.4 is 0 Å². The number of rotatable bonds is 10. The molecule has 0 spiro atoms. The van der Waals surface area contributed by atoms with E-state index in [1.165, 1.54) is 0 Å². The minimum Gasteiger partial charge on any atom is -0.343 e. The van der Waals surface area contributed by atoms with Crippen molar-refractivity contribution in [1.82, 2.24) is 14.7 Å². The highest BCUT2D eigenvalue weighted by molar-refractivity contribution is 6.08. The van der Waals surface area contributed by atoms with Crippen LogP contribution in [0.5, 0.6) is 0 Å². The highest BCUT2D eigenvalue weighted by atomic mass is 16.2. The molecule has 2 aromatic rings. The van der Waals surface area contributed by atoms with Gasteiger partial charge < -0.3 is 9.80 Å². The number of likely N-dealkylation sites (tertiary alicyclic amines) is 1. The number of hydrogen-bond donors (Lipinski definition) is 0. The predicted octanol–water partition coefficient (Wildman–Crippen LogP) is 5.24. The van der Waals surface area contributed by atoms with Crippen LogP contribution in [0.2, 0.25) is 0 Å². The van der Waals surface area contributed by atoms with Gasteiger partial charge in [-0.1, -0.05) is 36.4 Å². The Labute approximate surface area is 216 Å². The first-order valence-corrected chi connectivity index (χ1v) is 13.6. The van der Waals surface area contributed by atoms with E-state index in [1.807, 2.05) is 70.5 Å². The van der Waals surface area contributed by atoms with Gasteiger partial charge in [-0.15, -0.1) is 0 Å². The zero-order valence-electron chi connectivity index (χ0n) is 21.8. The Bertz CT molecular complexity index is 1020. The molecule has 1 saturated carbocycles. The Balaban J connectivity index is 1.46. The van der Waals surface area contributed by atoms with Crippen LogP contribution in [-0.2, 0) is 4.79 Å². The smallest absolute Gasteiger partial charge is 0.259 e. The lowest BCUT2D eigenvalue weighted by molar-refractivity contribution is -0.137. The topological polar surface area (TPSA) is 56.2 Å². The molecular weight excluding hydrogens is 448 g/mol. The van der Waals surface area contributed by atoms with Crippen LogP contribution in [0.15, 0.2) is 65.7 Å². The maximum atomic E-state index is 13.7. The largest absolute Gasteiger partial charge is 0.343 e. The van der Waals surface area contributed by atoms with Crippen molar-refractivity contribution in [3.63, 3.8) is 0 Å². The Morgan fingerprint density at radius 3 is 2.22 bits per heavy atom.